The van der Waals surface area contributed by atoms with Crippen LogP contribution in [0.1, 0.15) is 16.1 Å². The average Bonchev–Trinajstić information content (AvgIpc) is 2.77. The van der Waals surface area contributed by atoms with E-state index in [-0.39, 0.29) is 22.5 Å². The van der Waals surface area contributed by atoms with E-state index in [9.17, 15) is 9.59 Å². The molecule has 0 spiro atoms. The molecule has 0 fully saturated rings. The van der Waals surface area contributed by atoms with Gasteiger partial charge in [-0.3, -0.25) is 9.78 Å². The van der Waals surface area contributed by atoms with Gasteiger partial charge < -0.3 is 18.6 Å². The fourth-order valence-corrected chi connectivity index (χ4v) is 2.88. The van der Waals surface area contributed by atoms with Crippen LogP contribution in [-0.4, -0.2) is 18.1 Å². The standard InChI is InChI=1S/C23H17NO6/c1-14-22(29-17-7-3-6-16(11-17)27-2)21(25)19-9-8-18(12-20(19)28-14)30-23(26)15-5-4-10-24-13-15/h3-13H,1-2H3. The van der Waals surface area contributed by atoms with Crippen molar-refractivity contribution in [3.63, 3.8) is 0 Å². The molecule has 0 radical (unpaired) electrons. The lowest BCUT2D eigenvalue weighted by Crippen LogP contribution is -2.10. The molecule has 0 saturated heterocycles. The third kappa shape index (κ3) is 3.86. The Morgan fingerprint density at radius 3 is 2.60 bits per heavy atom. The zero-order chi connectivity index (χ0) is 21.1. The summed E-state index contributed by atoms with van der Waals surface area (Å²) in [6.07, 6.45) is 2.98. The minimum absolute atomic E-state index is 0.0795. The number of methoxy groups -OCH3 is 1. The third-order valence-corrected chi connectivity index (χ3v) is 4.36. The molecule has 4 rings (SSSR count). The van der Waals surface area contributed by atoms with Crippen LogP contribution < -0.4 is 19.6 Å². The summed E-state index contributed by atoms with van der Waals surface area (Å²) >= 11 is 0. The SMILES string of the molecule is COc1cccc(Oc2c(C)oc3cc(OC(=O)c4cccnc4)ccc3c2=O)c1. The number of carbonyl (C=O) groups is 1. The Balaban J connectivity index is 1.65. The molecule has 2 heterocycles. The molecule has 0 atom stereocenters. The topological polar surface area (TPSA) is 87.9 Å². The molecule has 2 aromatic heterocycles. The van der Waals surface area contributed by atoms with Crippen molar-refractivity contribution in [2.45, 2.75) is 6.92 Å². The van der Waals surface area contributed by atoms with Gasteiger partial charge in [0.2, 0.25) is 11.2 Å². The zero-order valence-corrected chi connectivity index (χ0v) is 16.2. The fraction of sp³-hybridized carbons (Fsp3) is 0.0870. The molecule has 150 valence electrons. The van der Waals surface area contributed by atoms with Gasteiger partial charge in [-0.05, 0) is 43.3 Å². The summed E-state index contributed by atoms with van der Waals surface area (Å²) in [6.45, 7) is 1.63. The van der Waals surface area contributed by atoms with Gasteiger partial charge in [-0.2, -0.15) is 0 Å². The number of hydrogen-bond acceptors (Lipinski definition) is 7. The van der Waals surface area contributed by atoms with Crippen LogP contribution in [0.4, 0.5) is 0 Å². The van der Waals surface area contributed by atoms with Gasteiger partial charge in [-0.25, -0.2) is 4.79 Å². The van der Waals surface area contributed by atoms with Gasteiger partial charge in [0.05, 0.1) is 18.1 Å². The Hall–Kier alpha value is -4.13. The van der Waals surface area contributed by atoms with Crippen molar-refractivity contribution in [1.82, 2.24) is 4.98 Å². The first-order valence-corrected chi connectivity index (χ1v) is 9.07. The second-order valence-electron chi connectivity index (χ2n) is 6.39. The van der Waals surface area contributed by atoms with Crippen molar-refractivity contribution < 1.29 is 23.4 Å². The number of aryl methyl sites for hydroxylation is 1. The number of pyridine rings is 1. The lowest BCUT2D eigenvalue weighted by Gasteiger charge is -2.10. The Morgan fingerprint density at radius 2 is 1.83 bits per heavy atom. The number of fused-ring (bicyclic) bond motifs is 1. The molecule has 4 aromatic rings. The van der Waals surface area contributed by atoms with E-state index in [2.05, 4.69) is 4.98 Å². The smallest absolute Gasteiger partial charge is 0.345 e. The lowest BCUT2D eigenvalue weighted by molar-refractivity contribution is 0.0734. The van der Waals surface area contributed by atoms with E-state index >= 15 is 0 Å². The Bertz CT molecular complexity index is 1280. The van der Waals surface area contributed by atoms with Crippen molar-refractivity contribution in [2.75, 3.05) is 7.11 Å². The third-order valence-electron chi connectivity index (χ3n) is 4.36. The van der Waals surface area contributed by atoms with Crippen LogP contribution in [0.3, 0.4) is 0 Å². The molecule has 0 aliphatic carbocycles. The van der Waals surface area contributed by atoms with Crippen LogP contribution in [0.2, 0.25) is 0 Å². The number of esters is 1. The summed E-state index contributed by atoms with van der Waals surface area (Å²) in [5.41, 5.74) is 0.269. The van der Waals surface area contributed by atoms with Gasteiger partial charge in [0.25, 0.3) is 0 Å². The predicted octanol–water partition coefficient (Wildman–Crippen LogP) is 4.52. The molecule has 0 aliphatic heterocycles. The van der Waals surface area contributed by atoms with Gasteiger partial charge in [-0.15, -0.1) is 0 Å². The number of rotatable bonds is 5. The summed E-state index contributed by atoms with van der Waals surface area (Å²) < 4.78 is 22.1. The van der Waals surface area contributed by atoms with E-state index in [1.165, 1.54) is 24.4 Å². The Kier molecular flexibility index (Phi) is 5.17. The number of benzene rings is 2. The van der Waals surface area contributed by atoms with Crippen molar-refractivity contribution in [3.8, 4) is 23.0 Å². The Labute approximate surface area is 171 Å². The molecule has 0 aliphatic rings. The van der Waals surface area contributed by atoms with Gasteiger partial charge in [0.1, 0.15) is 28.6 Å². The zero-order valence-electron chi connectivity index (χ0n) is 16.2. The van der Waals surface area contributed by atoms with E-state index in [0.717, 1.165) is 0 Å². The summed E-state index contributed by atoms with van der Waals surface area (Å²) in [5.74, 6) is 1.13. The first-order valence-electron chi connectivity index (χ1n) is 9.07. The van der Waals surface area contributed by atoms with Crippen LogP contribution in [-0.2, 0) is 0 Å². The van der Waals surface area contributed by atoms with E-state index in [4.69, 9.17) is 18.6 Å². The van der Waals surface area contributed by atoms with Gasteiger partial charge in [0.15, 0.2) is 0 Å². The van der Waals surface area contributed by atoms with Gasteiger partial charge >= 0.3 is 5.97 Å². The lowest BCUT2D eigenvalue weighted by atomic mass is 10.2. The number of aromatic nitrogens is 1. The van der Waals surface area contributed by atoms with Gasteiger partial charge in [-0.1, -0.05) is 6.07 Å². The van der Waals surface area contributed by atoms with E-state index < -0.39 is 5.97 Å². The average molecular weight is 403 g/mol. The van der Waals surface area contributed by atoms with Crippen LogP contribution in [0, 0.1) is 6.92 Å². The first kappa shape index (κ1) is 19.2. The molecule has 30 heavy (non-hydrogen) atoms. The molecular weight excluding hydrogens is 386 g/mol. The van der Waals surface area contributed by atoms with Crippen molar-refractivity contribution >= 4 is 16.9 Å². The highest BCUT2D eigenvalue weighted by molar-refractivity contribution is 5.91. The number of nitrogens with zero attached hydrogens (tertiary/aromatic N) is 1. The molecule has 0 bridgehead atoms. The second-order valence-corrected chi connectivity index (χ2v) is 6.39. The normalized spacial score (nSPS) is 10.6. The second kappa shape index (κ2) is 8.08. The van der Waals surface area contributed by atoms with Crippen LogP contribution in [0.5, 0.6) is 23.0 Å². The van der Waals surface area contributed by atoms with Crippen molar-refractivity contribution in [1.29, 1.82) is 0 Å². The highest BCUT2D eigenvalue weighted by Gasteiger charge is 2.16. The number of carbonyl (C=O) groups excluding carboxylic acids is 1. The Morgan fingerprint density at radius 1 is 1.00 bits per heavy atom. The predicted molar refractivity (Wildman–Crippen MR) is 109 cm³/mol. The number of hydrogen-bond donors (Lipinski definition) is 0. The minimum Gasteiger partial charge on any atom is -0.497 e. The first-order chi connectivity index (χ1) is 14.5. The highest BCUT2D eigenvalue weighted by Crippen LogP contribution is 2.29. The largest absolute Gasteiger partial charge is 0.497 e. The fourth-order valence-electron chi connectivity index (χ4n) is 2.88. The minimum atomic E-state index is -0.556. The van der Waals surface area contributed by atoms with Crippen molar-refractivity contribution in [2.24, 2.45) is 0 Å². The highest BCUT2D eigenvalue weighted by atomic mass is 16.5. The molecule has 0 N–H and O–H groups in total. The van der Waals surface area contributed by atoms with Crippen LogP contribution >= 0.6 is 0 Å². The maximum absolute atomic E-state index is 12.9. The van der Waals surface area contributed by atoms with Crippen LogP contribution in [0.15, 0.2) is 76.2 Å². The number of ether oxygens (including phenoxy) is 3. The molecule has 0 unspecified atom stereocenters. The molecule has 7 nitrogen and oxygen atoms in total. The van der Waals surface area contributed by atoms with Crippen LogP contribution in [0.25, 0.3) is 11.0 Å². The molecular formula is C23H17NO6. The summed E-state index contributed by atoms with van der Waals surface area (Å²) in [4.78, 5) is 29.0. The van der Waals surface area contributed by atoms with Gasteiger partial charge in [0, 0.05) is 24.5 Å². The molecule has 2 aromatic carbocycles. The summed E-state index contributed by atoms with van der Waals surface area (Å²) in [7, 11) is 1.55. The maximum Gasteiger partial charge on any atom is 0.345 e. The molecule has 0 amide bonds. The summed E-state index contributed by atoms with van der Waals surface area (Å²) in [6, 6.07) is 14.7. The molecule has 0 saturated carbocycles. The van der Waals surface area contributed by atoms with E-state index in [1.54, 1.807) is 56.6 Å². The van der Waals surface area contributed by atoms with E-state index in [1.807, 2.05) is 0 Å². The molecule has 7 heteroatoms. The maximum atomic E-state index is 12.9. The van der Waals surface area contributed by atoms with E-state index in [0.29, 0.717) is 28.2 Å². The van der Waals surface area contributed by atoms with Crippen molar-refractivity contribution in [3.05, 3.63) is 88.5 Å². The monoisotopic (exact) mass is 403 g/mol. The quantitative estimate of drug-likeness (QED) is 0.358. The summed E-state index contributed by atoms with van der Waals surface area (Å²) in [5, 5.41) is 0.305.